The molecule has 6 heteroatoms. The summed E-state index contributed by atoms with van der Waals surface area (Å²) in [4.78, 5) is 0. The Bertz CT molecular complexity index is 474. The van der Waals surface area contributed by atoms with Crippen LogP contribution in [0.4, 0.5) is 4.39 Å². The van der Waals surface area contributed by atoms with Crippen molar-refractivity contribution in [1.82, 2.24) is 5.32 Å². The van der Waals surface area contributed by atoms with Gasteiger partial charge in [-0.3, -0.25) is 0 Å². The fourth-order valence-corrected chi connectivity index (χ4v) is 1.71. The van der Waals surface area contributed by atoms with E-state index < -0.39 is 9.84 Å². The van der Waals surface area contributed by atoms with Crippen molar-refractivity contribution in [2.24, 2.45) is 0 Å². The Morgan fingerprint density at radius 1 is 1.41 bits per heavy atom. The largest absolute Gasteiger partial charge is 0.492 e. The number of benzene rings is 1. The summed E-state index contributed by atoms with van der Waals surface area (Å²) in [6.07, 6.45) is 1.15. The molecule has 0 aliphatic rings. The molecule has 0 bridgehead atoms. The molecule has 0 heterocycles. The molecule has 0 saturated heterocycles. The Morgan fingerprint density at radius 3 is 2.71 bits per heavy atom. The van der Waals surface area contributed by atoms with Crippen molar-refractivity contribution in [2.75, 3.05) is 25.7 Å². The van der Waals surface area contributed by atoms with Crippen LogP contribution in [0, 0.1) is 5.82 Å². The lowest BCUT2D eigenvalue weighted by Crippen LogP contribution is -2.14. The van der Waals surface area contributed by atoms with Crippen LogP contribution in [-0.2, 0) is 16.4 Å². The van der Waals surface area contributed by atoms with Crippen molar-refractivity contribution in [3.05, 3.63) is 29.6 Å². The van der Waals surface area contributed by atoms with Gasteiger partial charge in [-0.05, 0) is 25.2 Å². The lowest BCUT2D eigenvalue weighted by Gasteiger charge is -2.11. The second-order valence-corrected chi connectivity index (χ2v) is 6.02. The second-order valence-electron chi connectivity index (χ2n) is 3.76. The van der Waals surface area contributed by atoms with Gasteiger partial charge in [-0.25, -0.2) is 12.8 Å². The minimum Gasteiger partial charge on any atom is -0.492 e. The Kier molecular flexibility index (Phi) is 4.89. The molecule has 0 amide bonds. The third kappa shape index (κ3) is 5.14. The van der Waals surface area contributed by atoms with Gasteiger partial charge in [-0.1, -0.05) is 0 Å². The summed E-state index contributed by atoms with van der Waals surface area (Å²) in [5.74, 6) is 0.110. The Morgan fingerprint density at radius 2 is 2.12 bits per heavy atom. The molecule has 1 rings (SSSR count). The topological polar surface area (TPSA) is 55.4 Å². The maximum absolute atomic E-state index is 13.0. The third-order valence-corrected chi connectivity index (χ3v) is 3.01. The standard InChI is InChI=1S/C11H16FNO3S/c1-13-8-9-7-10(12)3-4-11(9)16-5-6-17(2,14)15/h3-4,7,13H,5-6,8H2,1-2H3. The van der Waals surface area contributed by atoms with Crippen molar-refractivity contribution in [1.29, 1.82) is 0 Å². The van der Waals surface area contributed by atoms with Gasteiger partial charge in [0, 0.05) is 18.4 Å². The molecule has 17 heavy (non-hydrogen) atoms. The summed E-state index contributed by atoms with van der Waals surface area (Å²) in [5.41, 5.74) is 0.668. The highest BCUT2D eigenvalue weighted by Crippen LogP contribution is 2.19. The zero-order valence-corrected chi connectivity index (χ0v) is 10.7. The van der Waals surface area contributed by atoms with Gasteiger partial charge in [0.05, 0.1) is 5.75 Å². The fraction of sp³-hybridized carbons (Fsp3) is 0.455. The number of hydrogen-bond acceptors (Lipinski definition) is 4. The predicted molar refractivity (Wildman–Crippen MR) is 64.4 cm³/mol. The van der Waals surface area contributed by atoms with E-state index in [1.165, 1.54) is 18.2 Å². The first kappa shape index (κ1) is 13.9. The summed E-state index contributed by atoms with van der Waals surface area (Å²) in [6, 6.07) is 4.16. The van der Waals surface area contributed by atoms with Crippen molar-refractivity contribution in [2.45, 2.75) is 6.54 Å². The number of nitrogens with one attached hydrogen (secondary N) is 1. The first-order valence-corrected chi connectivity index (χ1v) is 7.22. The van der Waals surface area contributed by atoms with E-state index in [4.69, 9.17) is 4.74 Å². The molecule has 4 nitrogen and oxygen atoms in total. The molecule has 0 spiro atoms. The highest BCUT2D eigenvalue weighted by Gasteiger charge is 2.07. The van der Waals surface area contributed by atoms with Crippen LogP contribution in [0.5, 0.6) is 5.75 Å². The minimum absolute atomic E-state index is 0.0522. The van der Waals surface area contributed by atoms with E-state index in [2.05, 4.69) is 5.32 Å². The number of sulfone groups is 1. The molecule has 0 radical (unpaired) electrons. The van der Waals surface area contributed by atoms with E-state index in [9.17, 15) is 12.8 Å². The van der Waals surface area contributed by atoms with E-state index in [1.54, 1.807) is 7.05 Å². The molecule has 0 aromatic heterocycles. The SMILES string of the molecule is CNCc1cc(F)ccc1OCCS(C)(=O)=O. The van der Waals surface area contributed by atoms with Gasteiger partial charge in [-0.15, -0.1) is 0 Å². The first-order chi connectivity index (χ1) is 7.92. The summed E-state index contributed by atoms with van der Waals surface area (Å²) >= 11 is 0. The highest BCUT2D eigenvalue weighted by atomic mass is 32.2. The van der Waals surface area contributed by atoms with E-state index >= 15 is 0 Å². The van der Waals surface area contributed by atoms with Crippen molar-refractivity contribution in [3.8, 4) is 5.75 Å². The quantitative estimate of drug-likeness (QED) is 0.829. The average molecular weight is 261 g/mol. The lowest BCUT2D eigenvalue weighted by molar-refractivity contribution is 0.336. The fourth-order valence-electron chi connectivity index (χ4n) is 1.32. The monoisotopic (exact) mass is 261 g/mol. The van der Waals surface area contributed by atoms with E-state index in [0.717, 1.165) is 6.26 Å². The van der Waals surface area contributed by atoms with Gasteiger partial charge in [0.15, 0.2) is 9.84 Å². The Balaban J connectivity index is 2.69. The van der Waals surface area contributed by atoms with Crippen LogP contribution in [0.15, 0.2) is 18.2 Å². The zero-order valence-electron chi connectivity index (χ0n) is 9.86. The molecular formula is C11H16FNO3S. The van der Waals surface area contributed by atoms with Gasteiger partial charge in [0.1, 0.15) is 18.2 Å². The van der Waals surface area contributed by atoms with Crippen LogP contribution in [0.3, 0.4) is 0 Å². The number of hydrogen-bond donors (Lipinski definition) is 1. The molecule has 0 aliphatic heterocycles. The van der Waals surface area contributed by atoms with Gasteiger partial charge >= 0.3 is 0 Å². The van der Waals surface area contributed by atoms with Crippen LogP contribution in [0.25, 0.3) is 0 Å². The predicted octanol–water partition coefficient (Wildman–Crippen LogP) is 0.968. The van der Waals surface area contributed by atoms with Gasteiger partial charge in [-0.2, -0.15) is 0 Å². The molecule has 1 aromatic rings. The number of ether oxygens (including phenoxy) is 1. The molecule has 1 N–H and O–H groups in total. The van der Waals surface area contributed by atoms with Gasteiger partial charge in [0.25, 0.3) is 0 Å². The zero-order chi connectivity index (χ0) is 12.9. The van der Waals surface area contributed by atoms with Crippen LogP contribution in [0.1, 0.15) is 5.56 Å². The summed E-state index contributed by atoms with van der Waals surface area (Å²) in [5, 5.41) is 2.89. The maximum atomic E-state index is 13.0. The molecule has 0 saturated carbocycles. The minimum atomic E-state index is -3.04. The number of halogens is 1. The molecular weight excluding hydrogens is 245 g/mol. The molecule has 0 atom stereocenters. The van der Waals surface area contributed by atoms with Crippen molar-refractivity contribution >= 4 is 9.84 Å². The molecule has 0 fully saturated rings. The van der Waals surface area contributed by atoms with Crippen molar-refractivity contribution < 1.29 is 17.5 Å². The first-order valence-electron chi connectivity index (χ1n) is 5.16. The lowest BCUT2D eigenvalue weighted by atomic mass is 10.2. The Labute approximate surface area is 101 Å². The van der Waals surface area contributed by atoms with E-state index in [0.29, 0.717) is 17.9 Å². The van der Waals surface area contributed by atoms with E-state index in [-0.39, 0.29) is 18.2 Å². The molecule has 0 aliphatic carbocycles. The van der Waals surface area contributed by atoms with Crippen LogP contribution < -0.4 is 10.1 Å². The highest BCUT2D eigenvalue weighted by molar-refractivity contribution is 7.90. The summed E-state index contributed by atoms with van der Waals surface area (Å²) in [7, 11) is -1.30. The third-order valence-electron chi connectivity index (χ3n) is 2.10. The van der Waals surface area contributed by atoms with Crippen molar-refractivity contribution in [3.63, 3.8) is 0 Å². The smallest absolute Gasteiger partial charge is 0.150 e. The van der Waals surface area contributed by atoms with E-state index in [1.807, 2.05) is 0 Å². The average Bonchev–Trinajstić information content (AvgIpc) is 2.20. The van der Waals surface area contributed by atoms with Crippen LogP contribution in [-0.4, -0.2) is 34.1 Å². The Hall–Kier alpha value is -1.14. The molecule has 0 unspecified atom stereocenters. The number of rotatable bonds is 6. The molecule has 1 aromatic carbocycles. The van der Waals surface area contributed by atoms with Crippen LogP contribution in [0.2, 0.25) is 0 Å². The van der Waals surface area contributed by atoms with Gasteiger partial charge < -0.3 is 10.1 Å². The van der Waals surface area contributed by atoms with Gasteiger partial charge in [0.2, 0.25) is 0 Å². The summed E-state index contributed by atoms with van der Waals surface area (Å²) in [6.45, 7) is 0.535. The summed E-state index contributed by atoms with van der Waals surface area (Å²) < 4.78 is 40.2. The van der Waals surface area contributed by atoms with Crippen LogP contribution >= 0.6 is 0 Å². The second kappa shape index (κ2) is 5.97. The normalized spacial score (nSPS) is 11.5. The molecule has 96 valence electrons. The maximum Gasteiger partial charge on any atom is 0.150 e.